The number of nitrogens with one attached hydrogen (secondary N) is 1. The van der Waals surface area contributed by atoms with E-state index in [9.17, 15) is 14.0 Å². The minimum atomic E-state index is -0.254. The predicted octanol–water partition coefficient (Wildman–Crippen LogP) is 5.15. The van der Waals surface area contributed by atoms with Crippen molar-refractivity contribution in [2.45, 2.75) is 26.2 Å². The zero-order valence-electron chi connectivity index (χ0n) is 21.2. The number of rotatable bonds is 10. The number of carbonyl (C=O) groups is 2. The standard InChI is InChI=1S/C30H34FN3O3/c1-23(22-30(36)34-18-16-33(17-19-34)27-11-7-25(31)8-12-27)21-29(35)32-26-9-13-28(14-10-26)37-20-15-24-5-3-2-4-6-24/h2-14,23H,15-22H2,1H3,(H,32,35)/t23-/m0/s1. The molecule has 2 amide bonds. The first kappa shape index (κ1) is 26.2. The van der Waals surface area contributed by atoms with Crippen molar-refractivity contribution < 1.29 is 18.7 Å². The summed E-state index contributed by atoms with van der Waals surface area (Å²) in [5.41, 5.74) is 2.90. The van der Waals surface area contributed by atoms with E-state index in [0.717, 1.165) is 17.9 Å². The van der Waals surface area contributed by atoms with E-state index in [0.29, 0.717) is 44.9 Å². The highest BCUT2D eigenvalue weighted by Crippen LogP contribution is 2.20. The topological polar surface area (TPSA) is 61.9 Å². The SMILES string of the molecule is C[C@@H](CC(=O)Nc1ccc(OCCc2ccccc2)cc1)CC(=O)N1CCN(c2ccc(F)cc2)CC1. The van der Waals surface area contributed by atoms with Crippen LogP contribution in [0.5, 0.6) is 5.75 Å². The molecule has 3 aromatic carbocycles. The van der Waals surface area contributed by atoms with E-state index in [1.165, 1.54) is 17.7 Å². The number of hydrogen-bond donors (Lipinski definition) is 1. The Bertz CT molecular complexity index is 1140. The second-order valence-corrected chi connectivity index (χ2v) is 9.51. The molecule has 1 atom stereocenters. The van der Waals surface area contributed by atoms with E-state index in [2.05, 4.69) is 22.3 Å². The van der Waals surface area contributed by atoms with Gasteiger partial charge in [-0.15, -0.1) is 0 Å². The smallest absolute Gasteiger partial charge is 0.224 e. The van der Waals surface area contributed by atoms with Gasteiger partial charge in [-0.25, -0.2) is 4.39 Å². The fourth-order valence-electron chi connectivity index (χ4n) is 4.46. The number of halogens is 1. The van der Waals surface area contributed by atoms with Crippen LogP contribution >= 0.6 is 0 Å². The molecular formula is C30H34FN3O3. The Morgan fingerprint density at radius 2 is 1.57 bits per heavy atom. The van der Waals surface area contributed by atoms with Gasteiger partial charge in [0.1, 0.15) is 11.6 Å². The Hall–Kier alpha value is -3.87. The van der Waals surface area contributed by atoms with Gasteiger partial charge in [-0.3, -0.25) is 9.59 Å². The molecular weight excluding hydrogens is 469 g/mol. The van der Waals surface area contributed by atoms with Crippen LogP contribution in [0.15, 0.2) is 78.9 Å². The Morgan fingerprint density at radius 1 is 0.892 bits per heavy atom. The summed E-state index contributed by atoms with van der Waals surface area (Å²) in [6.45, 7) is 5.17. The first-order valence-corrected chi connectivity index (χ1v) is 12.8. The lowest BCUT2D eigenvalue weighted by Crippen LogP contribution is -2.49. The number of nitrogens with zero attached hydrogens (tertiary/aromatic N) is 2. The van der Waals surface area contributed by atoms with E-state index >= 15 is 0 Å². The molecule has 1 N–H and O–H groups in total. The lowest BCUT2D eigenvalue weighted by molar-refractivity contribution is -0.132. The molecule has 0 aromatic heterocycles. The van der Waals surface area contributed by atoms with Gasteiger partial charge in [-0.05, 0) is 60.0 Å². The summed E-state index contributed by atoms with van der Waals surface area (Å²) in [6.07, 6.45) is 1.44. The van der Waals surface area contributed by atoms with E-state index in [-0.39, 0.29) is 30.0 Å². The Morgan fingerprint density at radius 3 is 2.24 bits per heavy atom. The quantitative estimate of drug-likeness (QED) is 0.416. The van der Waals surface area contributed by atoms with Crippen molar-refractivity contribution in [3.63, 3.8) is 0 Å². The maximum Gasteiger partial charge on any atom is 0.224 e. The molecule has 0 saturated carbocycles. The van der Waals surface area contributed by atoms with Gasteiger partial charge in [0, 0.05) is 56.8 Å². The van der Waals surface area contributed by atoms with Gasteiger partial charge in [0.15, 0.2) is 0 Å². The summed E-state index contributed by atoms with van der Waals surface area (Å²) >= 11 is 0. The van der Waals surface area contributed by atoms with Gasteiger partial charge in [0.2, 0.25) is 11.8 Å². The highest BCUT2D eigenvalue weighted by molar-refractivity contribution is 5.91. The second-order valence-electron chi connectivity index (χ2n) is 9.51. The zero-order chi connectivity index (χ0) is 26.0. The Kier molecular flexibility index (Phi) is 9.13. The fraction of sp³-hybridized carbons (Fsp3) is 0.333. The van der Waals surface area contributed by atoms with Crippen LogP contribution in [0.2, 0.25) is 0 Å². The summed E-state index contributed by atoms with van der Waals surface area (Å²) in [4.78, 5) is 29.3. The fourth-order valence-corrected chi connectivity index (χ4v) is 4.46. The van der Waals surface area contributed by atoms with Crippen molar-refractivity contribution >= 4 is 23.2 Å². The average Bonchev–Trinajstić information content (AvgIpc) is 2.91. The number of benzene rings is 3. The summed E-state index contributed by atoms with van der Waals surface area (Å²) < 4.78 is 19.0. The zero-order valence-corrected chi connectivity index (χ0v) is 21.2. The van der Waals surface area contributed by atoms with Crippen LogP contribution < -0.4 is 15.0 Å². The molecule has 4 rings (SSSR count). The number of amides is 2. The lowest BCUT2D eigenvalue weighted by atomic mass is 10.0. The molecule has 0 unspecified atom stereocenters. The Labute approximate surface area is 218 Å². The van der Waals surface area contributed by atoms with Crippen molar-refractivity contribution in [3.05, 3.63) is 90.2 Å². The maximum atomic E-state index is 13.2. The van der Waals surface area contributed by atoms with Gasteiger partial charge in [0.05, 0.1) is 6.61 Å². The largest absolute Gasteiger partial charge is 0.493 e. The molecule has 3 aromatic rings. The number of hydrogen-bond acceptors (Lipinski definition) is 4. The van der Waals surface area contributed by atoms with Gasteiger partial charge in [-0.2, -0.15) is 0 Å². The molecule has 0 aliphatic carbocycles. The molecule has 0 radical (unpaired) electrons. The second kappa shape index (κ2) is 12.9. The molecule has 0 spiro atoms. The molecule has 6 nitrogen and oxygen atoms in total. The molecule has 1 saturated heterocycles. The van der Waals surface area contributed by atoms with Crippen LogP contribution in [-0.2, 0) is 16.0 Å². The Balaban J connectivity index is 1.15. The minimum Gasteiger partial charge on any atom is -0.493 e. The number of ether oxygens (including phenoxy) is 1. The summed E-state index contributed by atoms with van der Waals surface area (Å²) in [5.74, 6) is 0.391. The molecule has 7 heteroatoms. The maximum absolute atomic E-state index is 13.2. The third kappa shape index (κ3) is 8.07. The monoisotopic (exact) mass is 503 g/mol. The van der Waals surface area contributed by atoms with Gasteiger partial charge >= 0.3 is 0 Å². The normalized spacial score (nSPS) is 14.2. The molecule has 1 heterocycles. The van der Waals surface area contributed by atoms with E-state index in [1.54, 1.807) is 12.1 Å². The van der Waals surface area contributed by atoms with Crippen molar-refractivity contribution in [1.29, 1.82) is 0 Å². The summed E-state index contributed by atoms with van der Waals surface area (Å²) in [6, 6.07) is 24.0. The highest BCUT2D eigenvalue weighted by Gasteiger charge is 2.23. The first-order chi connectivity index (χ1) is 18.0. The van der Waals surface area contributed by atoms with Gasteiger partial charge in [-0.1, -0.05) is 37.3 Å². The summed E-state index contributed by atoms with van der Waals surface area (Å²) in [7, 11) is 0. The highest BCUT2D eigenvalue weighted by atomic mass is 19.1. The van der Waals surface area contributed by atoms with E-state index < -0.39 is 0 Å². The van der Waals surface area contributed by atoms with Crippen LogP contribution in [0.1, 0.15) is 25.3 Å². The predicted molar refractivity (Wildman–Crippen MR) is 144 cm³/mol. The number of carbonyl (C=O) groups excluding carboxylic acids is 2. The minimum absolute atomic E-state index is 0.0658. The van der Waals surface area contributed by atoms with E-state index in [1.807, 2.05) is 54.3 Å². The molecule has 0 bridgehead atoms. The molecule has 194 valence electrons. The van der Waals surface area contributed by atoms with Crippen LogP contribution in [-0.4, -0.2) is 49.5 Å². The van der Waals surface area contributed by atoms with Crippen molar-refractivity contribution in [3.8, 4) is 5.75 Å². The van der Waals surface area contributed by atoms with Gasteiger partial charge in [0.25, 0.3) is 0 Å². The average molecular weight is 504 g/mol. The molecule has 37 heavy (non-hydrogen) atoms. The molecule has 1 aliphatic rings. The summed E-state index contributed by atoms with van der Waals surface area (Å²) in [5, 5.41) is 2.91. The first-order valence-electron chi connectivity index (χ1n) is 12.8. The molecule has 1 aliphatic heterocycles. The van der Waals surface area contributed by atoms with Crippen LogP contribution in [0, 0.1) is 11.7 Å². The molecule has 1 fully saturated rings. The third-order valence-corrected chi connectivity index (χ3v) is 6.52. The van der Waals surface area contributed by atoms with Crippen LogP contribution in [0.3, 0.4) is 0 Å². The lowest BCUT2D eigenvalue weighted by Gasteiger charge is -2.36. The van der Waals surface area contributed by atoms with Crippen molar-refractivity contribution in [2.24, 2.45) is 5.92 Å². The number of anilines is 2. The van der Waals surface area contributed by atoms with Crippen molar-refractivity contribution in [1.82, 2.24) is 4.90 Å². The number of piperazine rings is 1. The van der Waals surface area contributed by atoms with Crippen molar-refractivity contribution in [2.75, 3.05) is 43.0 Å². The van der Waals surface area contributed by atoms with Crippen LogP contribution in [0.4, 0.5) is 15.8 Å². The third-order valence-electron chi connectivity index (χ3n) is 6.52. The van der Waals surface area contributed by atoms with Crippen LogP contribution in [0.25, 0.3) is 0 Å². The van der Waals surface area contributed by atoms with E-state index in [4.69, 9.17) is 4.74 Å². The van der Waals surface area contributed by atoms with Gasteiger partial charge < -0.3 is 19.9 Å².